The number of hydrogen-bond acceptors (Lipinski definition) is 1. The maximum Gasteiger partial charge on any atom is 0.159 e. The van der Waals surface area contributed by atoms with Crippen molar-refractivity contribution in [2.24, 2.45) is 0 Å². The second-order valence-corrected chi connectivity index (χ2v) is 3.41. The topological polar surface area (TPSA) is 20.2 Å². The van der Waals surface area contributed by atoms with E-state index in [-0.39, 0.29) is 5.56 Å². The smallest absolute Gasteiger partial charge is 0.159 e. The molecular formula is C12H6F4O. The molecule has 0 aliphatic carbocycles. The summed E-state index contributed by atoms with van der Waals surface area (Å²) < 4.78 is 52.4. The monoisotopic (exact) mass is 242 g/mol. The molecule has 5 heteroatoms. The van der Waals surface area contributed by atoms with Crippen LogP contribution in [0.1, 0.15) is 0 Å². The lowest BCUT2D eigenvalue weighted by molar-refractivity contribution is 0.461. The van der Waals surface area contributed by atoms with Crippen molar-refractivity contribution in [2.75, 3.05) is 0 Å². The molecular weight excluding hydrogens is 236 g/mol. The molecule has 2 rings (SSSR count). The van der Waals surface area contributed by atoms with Gasteiger partial charge in [-0.05, 0) is 17.7 Å². The lowest BCUT2D eigenvalue weighted by atomic mass is 10.0. The molecule has 0 bridgehead atoms. The quantitative estimate of drug-likeness (QED) is 0.757. The number of benzene rings is 2. The fourth-order valence-electron chi connectivity index (χ4n) is 1.49. The van der Waals surface area contributed by atoms with Crippen LogP contribution in [0.4, 0.5) is 17.6 Å². The summed E-state index contributed by atoms with van der Waals surface area (Å²) in [6, 6.07) is 3.90. The second kappa shape index (κ2) is 4.08. The van der Waals surface area contributed by atoms with Gasteiger partial charge in [0, 0.05) is 12.1 Å². The number of phenolic OH excluding ortho intramolecular Hbond substituents is 1. The van der Waals surface area contributed by atoms with Crippen molar-refractivity contribution >= 4 is 0 Å². The minimum absolute atomic E-state index is 0.140. The van der Waals surface area contributed by atoms with E-state index < -0.39 is 34.6 Å². The zero-order valence-electron chi connectivity index (χ0n) is 8.35. The van der Waals surface area contributed by atoms with Gasteiger partial charge in [-0.3, -0.25) is 0 Å². The van der Waals surface area contributed by atoms with E-state index >= 15 is 0 Å². The van der Waals surface area contributed by atoms with Gasteiger partial charge in [0.2, 0.25) is 0 Å². The Labute approximate surface area is 93.9 Å². The molecule has 0 saturated carbocycles. The van der Waals surface area contributed by atoms with Gasteiger partial charge in [0.25, 0.3) is 0 Å². The van der Waals surface area contributed by atoms with E-state index in [2.05, 4.69) is 0 Å². The van der Waals surface area contributed by atoms with Crippen molar-refractivity contribution in [2.45, 2.75) is 0 Å². The highest BCUT2D eigenvalue weighted by atomic mass is 19.2. The van der Waals surface area contributed by atoms with E-state index in [1.54, 1.807) is 0 Å². The van der Waals surface area contributed by atoms with Crippen LogP contribution in [0.15, 0.2) is 30.3 Å². The van der Waals surface area contributed by atoms with Crippen LogP contribution >= 0.6 is 0 Å². The van der Waals surface area contributed by atoms with Crippen LogP contribution in [0, 0.1) is 23.3 Å². The van der Waals surface area contributed by atoms with Crippen molar-refractivity contribution in [1.82, 2.24) is 0 Å². The van der Waals surface area contributed by atoms with E-state index in [4.69, 9.17) is 5.11 Å². The number of phenols is 1. The van der Waals surface area contributed by atoms with Crippen molar-refractivity contribution in [3.05, 3.63) is 53.6 Å². The predicted molar refractivity (Wildman–Crippen MR) is 53.4 cm³/mol. The number of rotatable bonds is 1. The molecule has 2 aromatic carbocycles. The number of aromatic hydroxyl groups is 1. The Morgan fingerprint density at radius 3 is 1.82 bits per heavy atom. The maximum atomic E-state index is 13.4. The van der Waals surface area contributed by atoms with Gasteiger partial charge in [0.05, 0.1) is 5.56 Å². The molecule has 17 heavy (non-hydrogen) atoms. The first-order chi connectivity index (χ1) is 7.99. The Hall–Kier alpha value is -2.04. The summed E-state index contributed by atoms with van der Waals surface area (Å²) in [7, 11) is 0. The molecule has 2 aromatic rings. The molecule has 88 valence electrons. The molecule has 0 amide bonds. The Balaban J connectivity index is 2.64. The van der Waals surface area contributed by atoms with Crippen molar-refractivity contribution in [3.8, 4) is 16.9 Å². The minimum Gasteiger partial charge on any atom is -0.508 e. The summed E-state index contributed by atoms with van der Waals surface area (Å²) >= 11 is 0. The van der Waals surface area contributed by atoms with Crippen LogP contribution in [0.3, 0.4) is 0 Å². The van der Waals surface area contributed by atoms with E-state index in [9.17, 15) is 17.6 Å². The molecule has 0 aliphatic rings. The van der Waals surface area contributed by atoms with E-state index in [1.165, 1.54) is 0 Å². The number of halogens is 4. The summed E-state index contributed by atoms with van der Waals surface area (Å²) in [5, 5.41) is 8.95. The van der Waals surface area contributed by atoms with Gasteiger partial charge in [-0.2, -0.15) is 0 Å². The van der Waals surface area contributed by atoms with Crippen LogP contribution < -0.4 is 0 Å². The average Bonchev–Trinajstić information content (AvgIpc) is 2.21. The largest absolute Gasteiger partial charge is 0.508 e. The maximum absolute atomic E-state index is 13.4. The van der Waals surface area contributed by atoms with Crippen molar-refractivity contribution in [1.29, 1.82) is 0 Å². The molecule has 0 fully saturated rings. The van der Waals surface area contributed by atoms with Gasteiger partial charge in [0.15, 0.2) is 11.6 Å². The standard InChI is InChI=1S/C12H6F4O/c13-8-2-1-6(3-9(8)14)12-10(15)4-7(17)5-11(12)16/h1-5,17H. The lowest BCUT2D eigenvalue weighted by Gasteiger charge is -2.06. The summed E-state index contributed by atoms with van der Waals surface area (Å²) in [4.78, 5) is 0. The first-order valence-corrected chi connectivity index (χ1v) is 4.62. The van der Waals surface area contributed by atoms with Crippen LogP contribution in [0.2, 0.25) is 0 Å². The highest BCUT2D eigenvalue weighted by Crippen LogP contribution is 2.30. The summed E-state index contributed by atoms with van der Waals surface area (Å²) in [5.74, 6) is -4.98. The molecule has 1 nitrogen and oxygen atoms in total. The summed E-state index contributed by atoms with van der Waals surface area (Å²) in [6.45, 7) is 0. The first-order valence-electron chi connectivity index (χ1n) is 4.62. The van der Waals surface area contributed by atoms with Crippen LogP contribution in [-0.2, 0) is 0 Å². The van der Waals surface area contributed by atoms with Gasteiger partial charge in [0.1, 0.15) is 17.4 Å². The van der Waals surface area contributed by atoms with Gasteiger partial charge < -0.3 is 5.11 Å². The first kappa shape index (κ1) is 11.4. The Bertz CT molecular complexity index is 558. The SMILES string of the molecule is Oc1cc(F)c(-c2ccc(F)c(F)c2)c(F)c1. The van der Waals surface area contributed by atoms with E-state index in [1.807, 2.05) is 0 Å². The van der Waals surface area contributed by atoms with E-state index in [0.29, 0.717) is 18.2 Å². The van der Waals surface area contributed by atoms with E-state index in [0.717, 1.165) is 12.1 Å². The number of hydrogen-bond donors (Lipinski definition) is 1. The third-order valence-electron chi connectivity index (χ3n) is 2.24. The average molecular weight is 242 g/mol. The fourth-order valence-corrected chi connectivity index (χ4v) is 1.49. The zero-order valence-corrected chi connectivity index (χ0v) is 8.35. The Morgan fingerprint density at radius 2 is 1.29 bits per heavy atom. The zero-order chi connectivity index (χ0) is 12.6. The van der Waals surface area contributed by atoms with Crippen LogP contribution in [0.25, 0.3) is 11.1 Å². The molecule has 0 aromatic heterocycles. The Kier molecular flexibility index (Phi) is 2.75. The highest BCUT2D eigenvalue weighted by molar-refractivity contribution is 5.65. The molecule has 1 N–H and O–H groups in total. The lowest BCUT2D eigenvalue weighted by Crippen LogP contribution is -1.92. The summed E-state index contributed by atoms with van der Waals surface area (Å²) in [5.41, 5.74) is -0.652. The summed E-state index contributed by atoms with van der Waals surface area (Å²) in [6.07, 6.45) is 0. The molecule has 0 saturated heterocycles. The molecule has 0 heterocycles. The van der Waals surface area contributed by atoms with Gasteiger partial charge in [-0.25, -0.2) is 17.6 Å². The predicted octanol–water partition coefficient (Wildman–Crippen LogP) is 3.62. The molecule has 0 radical (unpaired) electrons. The highest BCUT2D eigenvalue weighted by Gasteiger charge is 2.14. The van der Waals surface area contributed by atoms with Gasteiger partial charge in [-0.15, -0.1) is 0 Å². The molecule has 0 aliphatic heterocycles. The Morgan fingerprint density at radius 1 is 0.706 bits per heavy atom. The van der Waals surface area contributed by atoms with Crippen molar-refractivity contribution < 1.29 is 22.7 Å². The normalized spacial score (nSPS) is 10.6. The third kappa shape index (κ3) is 2.08. The fraction of sp³-hybridized carbons (Fsp3) is 0. The van der Waals surface area contributed by atoms with Crippen LogP contribution in [-0.4, -0.2) is 5.11 Å². The van der Waals surface area contributed by atoms with Crippen molar-refractivity contribution in [3.63, 3.8) is 0 Å². The third-order valence-corrected chi connectivity index (χ3v) is 2.24. The second-order valence-electron chi connectivity index (χ2n) is 3.41. The van der Waals surface area contributed by atoms with Gasteiger partial charge in [-0.1, -0.05) is 6.07 Å². The minimum atomic E-state index is -1.20. The molecule has 0 atom stereocenters. The molecule has 0 unspecified atom stereocenters. The van der Waals surface area contributed by atoms with Crippen LogP contribution in [0.5, 0.6) is 5.75 Å². The molecule has 0 spiro atoms. The van der Waals surface area contributed by atoms with Gasteiger partial charge >= 0.3 is 0 Å².